The van der Waals surface area contributed by atoms with Crippen molar-refractivity contribution in [3.05, 3.63) is 36.4 Å². The van der Waals surface area contributed by atoms with Crippen LogP contribution in [-0.4, -0.2) is 15.0 Å². The third-order valence-electron chi connectivity index (χ3n) is 2.29. The van der Waals surface area contributed by atoms with Crippen LogP contribution >= 0.6 is 11.3 Å². The molecule has 0 aliphatic rings. The van der Waals surface area contributed by atoms with Gasteiger partial charge in [-0.3, -0.25) is 0 Å². The summed E-state index contributed by atoms with van der Waals surface area (Å²) < 4.78 is 13.1. The number of hydrogen-bond acceptors (Lipinski definition) is 5. The van der Waals surface area contributed by atoms with Gasteiger partial charge in [0.2, 0.25) is 0 Å². The lowest BCUT2D eigenvalue weighted by molar-refractivity contribution is 0.632. The highest BCUT2D eigenvalue weighted by Crippen LogP contribution is 2.29. The number of nitrogens with two attached hydrogens (primary N) is 1. The Labute approximate surface area is 100.0 Å². The van der Waals surface area contributed by atoms with Crippen LogP contribution < -0.4 is 5.73 Å². The standard InChI is InChI=1S/C11H7FN4S/c12-7-2-1-6(5-8(7)13)10-16-9-11(17-10)15-4-3-14-9/h1-5H,13H2. The van der Waals surface area contributed by atoms with Crippen molar-refractivity contribution in [1.29, 1.82) is 0 Å². The number of halogens is 1. The number of aromatic nitrogens is 3. The van der Waals surface area contributed by atoms with Gasteiger partial charge in [-0.25, -0.2) is 19.3 Å². The minimum atomic E-state index is -0.425. The summed E-state index contributed by atoms with van der Waals surface area (Å²) in [4.78, 5) is 13.3. The Morgan fingerprint density at radius 3 is 2.76 bits per heavy atom. The van der Waals surface area contributed by atoms with Crippen LogP contribution in [-0.2, 0) is 0 Å². The molecule has 0 spiro atoms. The molecule has 6 heteroatoms. The van der Waals surface area contributed by atoms with E-state index in [1.54, 1.807) is 24.5 Å². The van der Waals surface area contributed by atoms with E-state index in [0.717, 1.165) is 15.4 Å². The van der Waals surface area contributed by atoms with E-state index >= 15 is 0 Å². The van der Waals surface area contributed by atoms with Crippen LogP contribution in [0.3, 0.4) is 0 Å². The van der Waals surface area contributed by atoms with E-state index in [9.17, 15) is 4.39 Å². The maximum absolute atomic E-state index is 13.1. The summed E-state index contributed by atoms with van der Waals surface area (Å²) in [5.74, 6) is -0.425. The summed E-state index contributed by atoms with van der Waals surface area (Å²) in [6, 6.07) is 4.54. The highest BCUT2D eigenvalue weighted by atomic mass is 32.1. The monoisotopic (exact) mass is 246 g/mol. The lowest BCUT2D eigenvalue weighted by Crippen LogP contribution is -1.90. The van der Waals surface area contributed by atoms with Gasteiger partial charge < -0.3 is 5.73 Å². The molecule has 0 saturated carbocycles. The first-order valence-corrected chi connectivity index (χ1v) is 5.68. The van der Waals surface area contributed by atoms with Gasteiger partial charge in [0, 0.05) is 18.0 Å². The van der Waals surface area contributed by atoms with Gasteiger partial charge in [0.15, 0.2) is 10.5 Å². The summed E-state index contributed by atoms with van der Waals surface area (Å²) in [5, 5.41) is 0.734. The zero-order chi connectivity index (χ0) is 11.8. The number of benzene rings is 1. The largest absolute Gasteiger partial charge is 0.396 e. The Bertz CT molecular complexity index is 662. The van der Waals surface area contributed by atoms with Crippen molar-refractivity contribution >= 4 is 27.5 Å². The molecule has 0 unspecified atom stereocenters. The van der Waals surface area contributed by atoms with Crippen LogP contribution in [0, 0.1) is 5.82 Å². The molecule has 0 radical (unpaired) electrons. The molecule has 3 aromatic rings. The van der Waals surface area contributed by atoms with E-state index in [0.29, 0.717) is 5.65 Å². The minimum absolute atomic E-state index is 0.114. The van der Waals surface area contributed by atoms with Gasteiger partial charge >= 0.3 is 0 Å². The molecule has 1 aromatic carbocycles. The van der Waals surface area contributed by atoms with Gasteiger partial charge in [-0.15, -0.1) is 0 Å². The number of rotatable bonds is 1. The molecule has 0 amide bonds. The van der Waals surface area contributed by atoms with Crippen molar-refractivity contribution in [2.75, 3.05) is 5.73 Å². The molecule has 0 aliphatic carbocycles. The van der Waals surface area contributed by atoms with E-state index in [1.807, 2.05) is 0 Å². The summed E-state index contributed by atoms with van der Waals surface area (Å²) in [5.41, 5.74) is 7.00. The van der Waals surface area contributed by atoms with Gasteiger partial charge in [0.1, 0.15) is 10.8 Å². The zero-order valence-corrected chi connectivity index (χ0v) is 9.41. The van der Waals surface area contributed by atoms with E-state index in [1.165, 1.54) is 17.4 Å². The van der Waals surface area contributed by atoms with Crippen molar-refractivity contribution in [1.82, 2.24) is 15.0 Å². The van der Waals surface area contributed by atoms with Gasteiger partial charge in [-0.1, -0.05) is 11.3 Å². The predicted octanol–water partition coefficient (Wildman–Crippen LogP) is 2.47. The maximum Gasteiger partial charge on any atom is 0.190 e. The molecular weight excluding hydrogens is 239 g/mol. The third kappa shape index (κ3) is 1.72. The predicted molar refractivity (Wildman–Crippen MR) is 65.0 cm³/mol. The fraction of sp³-hybridized carbons (Fsp3) is 0. The molecule has 0 bridgehead atoms. The van der Waals surface area contributed by atoms with E-state index < -0.39 is 5.82 Å². The SMILES string of the molecule is Nc1cc(-c2nc3nccnc3s2)ccc1F. The zero-order valence-electron chi connectivity index (χ0n) is 8.59. The Kier molecular flexibility index (Phi) is 2.22. The Morgan fingerprint density at radius 1 is 1.18 bits per heavy atom. The normalized spacial score (nSPS) is 10.9. The Balaban J connectivity index is 2.17. The average Bonchev–Trinajstić information content (AvgIpc) is 2.76. The smallest absolute Gasteiger partial charge is 0.190 e. The van der Waals surface area contributed by atoms with Gasteiger partial charge in [0.25, 0.3) is 0 Å². The lowest BCUT2D eigenvalue weighted by Gasteiger charge is -1.98. The molecule has 0 atom stereocenters. The number of fused-ring (bicyclic) bond motifs is 1. The van der Waals surface area contributed by atoms with Gasteiger partial charge in [-0.05, 0) is 18.2 Å². The summed E-state index contributed by atoms with van der Waals surface area (Å²) in [6.07, 6.45) is 3.20. The number of nitrogens with zero attached hydrogens (tertiary/aromatic N) is 3. The molecule has 2 heterocycles. The van der Waals surface area contributed by atoms with Crippen LogP contribution in [0.1, 0.15) is 0 Å². The van der Waals surface area contributed by atoms with Crippen molar-refractivity contribution in [3.8, 4) is 10.6 Å². The quantitative estimate of drug-likeness (QED) is 0.670. The summed E-state index contributed by atoms with van der Waals surface area (Å²) in [6.45, 7) is 0. The molecule has 2 N–H and O–H groups in total. The fourth-order valence-corrected chi connectivity index (χ4v) is 2.34. The second kappa shape index (κ2) is 3.74. The fourth-order valence-electron chi connectivity index (χ4n) is 1.48. The van der Waals surface area contributed by atoms with E-state index in [2.05, 4.69) is 15.0 Å². The minimum Gasteiger partial charge on any atom is -0.396 e. The van der Waals surface area contributed by atoms with Crippen LogP contribution in [0.5, 0.6) is 0 Å². The van der Waals surface area contributed by atoms with E-state index in [-0.39, 0.29) is 5.69 Å². The van der Waals surface area contributed by atoms with Crippen molar-refractivity contribution in [2.24, 2.45) is 0 Å². The van der Waals surface area contributed by atoms with Gasteiger partial charge in [0.05, 0.1) is 5.69 Å². The summed E-state index contributed by atoms with van der Waals surface area (Å²) in [7, 11) is 0. The Hall–Kier alpha value is -2.08. The number of hydrogen-bond donors (Lipinski definition) is 1. The third-order valence-corrected chi connectivity index (χ3v) is 3.29. The molecule has 0 aliphatic heterocycles. The van der Waals surface area contributed by atoms with Crippen LogP contribution in [0.2, 0.25) is 0 Å². The molecule has 17 heavy (non-hydrogen) atoms. The average molecular weight is 246 g/mol. The number of thiazole rings is 1. The Morgan fingerprint density at radius 2 is 2.00 bits per heavy atom. The van der Waals surface area contributed by atoms with Crippen molar-refractivity contribution < 1.29 is 4.39 Å². The van der Waals surface area contributed by atoms with Crippen LogP contribution in [0.4, 0.5) is 10.1 Å². The summed E-state index contributed by atoms with van der Waals surface area (Å²) >= 11 is 1.40. The maximum atomic E-state index is 13.1. The first-order valence-electron chi connectivity index (χ1n) is 4.87. The molecule has 3 rings (SSSR count). The first-order chi connectivity index (χ1) is 8.24. The molecule has 2 aromatic heterocycles. The van der Waals surface area contributed by atoms with Crippen molar-refractivity contribution in [3.63, 3.8) is 0 Å². The second-order valence-electron chi connectivity index (χ2n) is 3.44. The highest BCUT2D eigenvalue weighted by Gasteiger charge is 2.09. The molecule has 84 valence electrons. The lowest BCUT2D eigenvalue weighted by atomic mass is 10.2. The van der Waals surface area contributed by atoms with Crippen LogP contribution in [0.25, 0.3) is 21.0 Å². The van der Waals surface area contributed by atoms with E-state index in [4.69, 9.17) is 5.73 Å². The van der Waals surface area contributed by atoms with Gasteiger partial charge in [-0.2, -0.15) is 0 Å². The molecular formula is C11H7FN4S. The molecule has 0 fully saturated rings. The van der Waals surface area contributed by atoms with Crippen molar-refractivity contribution in [2.45, 2.75) is 0 Å². The highest BCUT2D eigenvalue weighted by molar-refractivity contribution is 7.21. The number of nitrogen functional groups attached to an aromatic ring is 1. The molecule has 4 nitrogen and oxygen atoms in total. The first kappa shape index (κ1) is 10.1. The number of anilines is 1. The molecule has 0 saturated heterocycles. The topological polar surface area (TPSA) is 64.7 Å². The van der Waals surface area contributed by atoms with Crippen LogP contribution in [0.15, 0.2) is 30.6 Å². The second-order valence-corrected chi connectivity index (χ2v) is 4.42.